The van der Waals surface area contributed by atoms with Crippen molar-refractivity contribution in [2.24, 2.45) is 5.92 Å². The lowest BCUT2D eigenvalue weighted by atomic mass is 9.93. The predicted molar refractivity (Wildman–Crippen MR) is 127 cm³/mol. The number of rotatable bonds is 5. The zero-order valence-electron chi connectivity index (χ0n) is 19.1. The minimum atomic E-state index is -0.452. The average Bonchev–Trinajstić information content (AvgIpc) is 3.29. The van der Waals surface area contributed by atoms with Crippen LogP contribution in [-0.4, -0.2) is 57.8 Å². The van der Waals surface area contributed by atoms with E-state index in [2.05, 4.69) is 20.3 Å². The highest BCUT2D eigenvalue weighted by Gasteiger charge is 2.32. The Morgan fingerprint density at radius 2 is 1.94 bits per heavy atom. The van der Waals surface area contributed by atoms with Crippen molar-refractivity contribution in [3.8, 4) is 11.3 Å². The number of halogens is 1. The van der Waals surface area contributed by atoms with Crippen LogP contribution in [0.25, 0.3) is 11.3 Å². The van der Waals surface area contributed by atoms with E-state index in [-0.39, 0.29) is 17.6 Å². The molecule has 8 nitrogen and oxygen atoms in total. The van der Waals surface area contributed by atoms with E-state index >= 15 is 0 Å². The first kappa shape index (κ1) is 22.1. The minimum Gasteiger partial charge on any atom is -0.367 e. The number of hydrogen-bond acceptors (Lipinski definition) is 5. The van der Waals surface area contributed by atoms with Crippen LogP contribution in [-0.2, 0) is 4.79 Å². The van der Waals surface area contributed by atoms with E-state index in [0.29, 0.717) is 43.0 Å². The van der Waals surface area contributed by atoms with Crippen LogP contribution < -0.4 is 10.2 Å². The van der Waals surface area contributed by atoms with Crippen molar-refractivity contribution in [2.45, 2.75) is 26.2 Å². The summed E-state index contributed by atoms with van der Waals surface area (Å²) in [6.07, 6.45) is 5.77. The molecule has 34 heavy (non-hydrogen) atoms. The van der Waals surface area contributed by atoms with Gasteiger partial charge in [0, 0.05) is 55.7 Å². The van der Waals surface area contributed by atoms with Crippen molar-refractivity contribution in [1.29, 1.82) is 0 Å². The number of benzene rings is 1. The van der Waals surface area contributed by atoms with Crippen LogP contribution in [0.2, 0.25) is 0 Å². The summed E-state index contributed by atoms with van der Waals surface area (Å²) in [5, 5.41) is 2.81. The molecule has 2 amide bonds. The van der Waals surface area contributed by atoms with Gasteiger partial charge in [0.2, 0.25) is 5.91 Å². The van der Waals surface area contributed by atoms with Crippen LogP contribution in [0.3, 0.4) is 0 Å². The smallest absolute Gasteiger partial charge is 0.291 e. The molecule has 9 heteroatoms. The topological polar surface area (TPSA) is 94.2 Å². The number of hydrogen-bond donors (Lipinski definition) is 2. The zero-order valence-corrected chi connectivity index (χ0v) is 19.1. The summed E-state index contributed by atoms with van der Waals surface area (Å²) in [7, 11) is 0. The lowest BCUT2D eigenvalue weighted by Gasteiger charge is -2.38. The molecule has 2 saturated heterocycles. The minimum absolute atomic E-state index is 0.0141. The fourth-order valence-electron chi connectivity index (χ4n) is 4.55. The van der Waals surface area contributed by atoms with E-state index in [1.165, 1.54) is 6.07 Å². The van der Waals surface area contributed by atoms with Crippen molar-refractivity contribution in [3.05, 3.63) is 60.1 Å². The molecule has 176 valence electrons. The summed E-state index contributed by atoms with van der Waals surface area (Å²) in [4.78, 5) is 40.8. The highest BCUT2D eigenvalue weighted by atomic mass is 19.1. The number of nitrogens with one attached hydrogen (secondary N) is 2. The molecule has 2 aliphatic heterocycles. The van der Waals surface area contributed by atoms with Gasteiger partial charge in [-0.25, -0.2) is 9.37 Å². The van der Waals surface area contributed by atoms with Crippen LogP contribution >= 0.6 is 0 Å². The molecule has 0 unspecified atom stereocenters. The van der Waals surface area contributed by atoms with Gasteiger partial charge in [-0.15, -0.1) is 0 Å². The molecule has 0 aliphatic carbocycles. The van der Waals surface area contributed by atoms with Crippen LogP contribution in [0.15, 0.2) is 42.7 Å². The van der Waals surface area contributed by atoms with Crippen LogP contribution in [0, 0.1) is 18.7 Å². The molecular weight excluding hydrogens is 435 g/mol. The molecule has 2 aliphatic rings. The Kier molecular flexibility index (Phi) is 6.00. The molecule has 0 atom stereocenters. The maximum Gasteiger partial charge on any atom is 0.291 e. The fourth-order valence-corrected chi connectivity index (χ4v) is 4.55. The van der Waals surface area contributed by atoms with Crippen molar-refractivity contribution in [3.63, 3.8) is 0 Å². The number of pyridine rings is 1. The summed E-state index contributed by atoms with van der Waals surface area (Å²) in [5.74, 6) is -0.520. The number of aryl methyl sites for hydroxylation is 1. The summed E-state index contributed by atoms with van der Waals surface area (Å²) >= 11 is 0. The number of para-hydroxylation sites is 1. The SMILES string of the molecule is Cc1cc(-c2c[nH]c(C(=O)Nc3cccc(F)c3N3CCC(C(=O)N4CCC4)CC3)n2)ccn1. The largest absolute Gasteiger partial charge is 0.367 e. The van der Waals surface area contributed by atoms with Crippen LogP contribution in [0.5, 0.6) is 0 Å². The monoisotopic (exact) mass is 462 g/mol. The number of aromatic amines is 1. The second kappa shape index (κ2) is 9.24. The second-order valence-corrected chi connectivity index (χ2v) is 8.85. The third-order valence-corrected chi connectivity index (χ3v) is 6.55. The first-order valence-electron chi connectivity index (χ1n) is 11.6. The number of amides is 2. The van der Waals surface area contributed by atoms with Gasteiger partial charge in [-0.1, -0.05) is 6.07 Å². The lowest BCUT2D eigenvalue weighted by Crippen LogP contribution is -2.48. The summed E-state index contributed by atoms with van der Waals surface area (Å²) in [5.41, 5.74) is 3.07. The van der Waals surface area contributed by atoms with Crippen molar-refractivity contribution < 1.29 is 14.0 Å². The van der Waals surface area contributed by atoms with Gasteiger partial charge in [-0.05, 0) is 50.5 Å². The van der Waals surface area contributed by atoms with Crippen molar-refractivity contribution in [2.75, 3.05) is 36.4 Å². The number of piperidine rings is 1. The number of aromatic nitrogens is 3. The van der Waals surface area contributed by atoms with E-state index < -0.39 is 11.7 Å². The third-order valence-electron chi connectivity index (χ3n) is 6.55. The Labute approximate surface area is 197 Å². The normalized spacial score (nSPS) is 16.3. The molecule has 5 rings (SSSR count). The van der Waals surface area contributed by atoms with E-state index in [0.717, 1.165) is 30.8 Å². The first-order chi connectivity index (χ1) is 16.5. The van der Waals surface area contributed by atoms with Gasteiger partial charge < -0.3 is 20.1 Å². The van der Waals surface area contributed by atoms with E-state index in [1.54, 1.807) is 24.5 Å². The predicted octanol–water partition coefficient (Wildman–Crippen LogP) is 3.62. The third kappa shape index (κ3) is 4.37. The number of H-pyrrole nitrogens is 1. The standard InChI is InChI=1S/C25H27FN6O2/c1-16-14-18(6-9-27-16)21-15-28-23(29-21)24(33)30-20-5-2-4-19(26)22(20)31-12-7-17(8-13-31)25(34)32-10-3-11-32/h2,4-6,9,14-15,17H,3,7-8,10-13H2,1H3,(H,28,29)(H,30,33). The zero-order chi connectivity index (χ0) is 23.7. The number of carbonyl (C=O) groups is 2. The fraction of sp³-hybridized carbons (Fsp3) is 0.360. The molecule has 0 bridgehead atoms. The molecular formula is C25H27FN6O2. The lowest BCUT2D eigenvalue weighted by molar-refractivity contribution is -0.139. The summed E-state index contributed by atoms with van der Waals surface area (Å²) in [6.45, 7) is 4.69. The molecule has 1 aromatic carbocycles. The Balaban J connectivity index is 1.29. The first-order valence-corrected chi connectivity index (χ1v) is 11.6. The highest BCUT2D eigenvalue weighted by Crippen LogP contribution is 2.33. The molecule has 3 aromatic rings. The number of likely N-dealkylation sites (tertiary alicyclic amines) is 1. The Bertz CT molecular complexity index is 1210. The van der Waals surface area contributed by atoms with Gasteiger partial charge in [0.15, 0.2) is 5.82 Å². The Morgan fingerprint density at radius 3 is 2.65 bits per heavy atom. The molecule has 2 aromatic heterocycles. The van der Waals surface area contributed by atoms with Crippen LogP contribution in [0.1, 0.15) is 35.6 Å². The number of anilines is 2. The van der Waals surface area contributed by atoms with Gasteiger partial charge in [0.25, 0.3) is 5.91 Å². The van der Waals surface area contributed by atoms with Gasteiger partial charge in [-0.2, -0.15) is 0 Å². The number of carbonyl (C=O) groups excluding carboxylic acids is 2. The number of nitrogens with zero attached hydrogens (tertiary/aromatic N) is 4. The highest BCUT2D eigenvalue weighted by molar-refractivity contribution is 6.04. The van der Waals surface area contributed by atoms with Crippen molar-refractivity contribution in [1.82, 2.24) is 19.9 Å². The van der Waals surface area contributed by atoms with E-state index in [1.807, 2.05) is 28.9 Å². The van der Waals surface area contributed by atoms with E-state index in [9.17, 15) is 14.0 Å². The Morgan fingerprint density at radius 1 is 1.15 bits per heavy atom. The molecule has 2 fully saturated rings. The molecule has 0 saturated carbocycles. The van der Waals surface area contributed by atoms with Gasteiger partial charge in [0.1, 0.15) is 5.82 Å². The van der Waals surface area contributed by atoms with Gasteiger partial charge in [0.05, 0.1) is 17.1 Å². The van der Waals surface area contributed by atoms with Gasteiger partial charge in [-0.3, -0.25) is 14.6 Å². The molecule has 4 heterocycles. The molecule has 2 N–H and O–H groups in total. The average molecular weight is 463 g/mol. The maximum absolute atomic E-state index is 14.9. The van der Waals surface area contributed by atoms with Gasteiger partial charge >= 0.3 is 0 Å². The second-order valence-electron chi connectivity index (χ2n) is 8.85. The quantitative estimate of drug-likeness (QED) is 0.604. The summed E-state index contributed by atoms with van der Waals surface area (Å²) < 4.78 is 14.9. The Hall–Kier alpha value is -3.75. The maximum atomic E-state index is 14.9. The van der Waals surface area contributed by atoms with E-state index in [4.69, 9.17) is 0 Å². The summed E-state index contributed by atoms with van der Waals surface area (Å²) in [6, 6.07) is 8.36. The number of imidazole rings is 1. The van der Waals surface area contributed by atoms with Crippen LogP contribution in [0.4, 0.5) is 15.8 Å². The molecule has 0 spiro atoms. The molecule has 0 radical (unpaired) electrons. The van der Waals surface area contributed by atoms with Crippen molar-refractivity contribution >= 4 is 23.2 Å².